The van der Waals surface area contributed by atoms with Crippen LogP contribution >= 0.6 is 0 Å². The van der Waals surface area contributed by atoms with E-state index in [9.17, 15) is 18.0 Å². The van der Waals surface area contributed by atoms with Crippen molar-refractivity contribution in [2.45, 2.75) is 11.8 Å². The van der Waals surface area contributed by atoms with Gasteiger partial charge in [0.05, 0.1) is 11.1 Å². The minimum Gasteiger partial charge on any atom is -0.365 e. The Balaban J connectivity index is 2.25. The fourth-order valence-corrected chi connectivity index (χ4v) is 2.70. The first-order valence-electron chi connectivity index (χ1n) is 6.03. The first kappa shape index (κ1) is 15.5. The number of carbonyl (C=O) groups excluding carboxylic acids is 2. The maximum absolute atomic E-state index is 12.2. The molecule has 0 radical (unpaired) electrons. The Morgan fingerprint density at radius 2 is 1.86 bits per heavy atom. The summed E-state index contributed by atoms with van der Waals surface area (Å²) in [4.78, 5) is 22.0. The van der Waals surface area contributed by atoms with E-state index in [-0.39, 0.29) is 22.2 Å². The summed E-state index contributed by atoms with van der Waals surface area (Å²) in [5, 5.41) is 8.44. The number of anilines is 2. The van der Waals surface area contributed by atoms with Gasteiger partial charge in [-0.3, -0.25) is 19.4 Å². The zero-order valence-corrected chi connectivity index (χ0v) is 12.3. The number of aromatic amines is 1. The molecule has 116 valence electrons. The molecule has 2 rings (SSSR count). The molecular formula is C12H13N5O4S. The molecule has 0 bridgehead atoms. The number of sulfonamides is 1. The van der Waals surface area contributed by atoms with E-state index in [0.717, 1.165) is 6.20 Å². The summed E-state index contributed by atoms with van der Waals surface area (Å²) in [6.45, 7) is 1.34. The van der Waals surface area contributed by atoms with Crippen molar-refractivity contribution in [1.82, 2.24) is 10.2 Å². The molecule has 0 unspecified atom stereocenters. The largest absolute Gasteiger partial charge is 0.365 e. The van der Waals surface area contributed by atoms with E-state index in [4.69, 9.17) is 5.73 Å². The first-order valence-corrected chi connectivity index (χ1v) is 7.51. The average Bonchev–Trinajstić information content (AvgIpc) is 2.86. The fourth-order valence-electron chi connectivity index (χ4n) is 1.66. The van der Waals surface area contributed by atoms with Crippen molar-refractivity contribution in [3.05, 3.63) is 36.0 Å². The third-order valence-electron chi connectivity index (χ3n) is 2.63. The molecule has 1 aromatic heterocycles. The van der Waals surface area contributed by atoms with Crippen LogP contribution in [0.3, 0.4) is 0 Å². The monoisotopic (exact) mass is 323 g/mol. The summed E-state index contributed by atoms with van der Waals surface area (Å²) in [5.41, 5.74) is 5.50. The third kappa shape index (κ3) is 3.41. The predicted molar refractivity (Wildman–Crippen MR) is 78.7 cm³/mol. The van der Waals surface area contributed by atoms with Gasteiger partial charge in [-0.2, -0.15) is 5.10 Å². The van der Waals surface area contributed by atoms with Crippen LogP contribution in [0, 0.1) is 0 Å². The van der Waals surface area contributed by atoms with Gasteiger partial charge in [0.1, 0.15) is 11.4 Å². The molecule has 0 saturated carbocycles. The molecule has 0 aliphatic carbocycles. The molecule has 0 atom stereocenters. The molecule has 2 aromatic rings. The molecule has 9 nitrogen and oxygen atoms in total. The first-order chi connectivity index (χ1) is 10.3. The van der Waals surface area contributed by atoms with Gasteiger partial charge in [-0.25, -0.2) is 8.42 Å². The summed E-state index contributed by atoms with van der Waals surface area (Å²) < 4.78 is 26.6. The van der Waals surface area contributed by atoms with Crippen LogP contribution in [0.15, 0.2) is 35.4 Å². The number of nitrogens with one attached hydrogen (secondary N) is 3. The normalized spacial score (nSPS) is 11.0. The van der Waals surface area contributed by atoms with E-state index in [1.165, 1.54) is 31.2 Å². The molecule has 0 fully saturated rings. The number of carbonyl (C=O) groups is 2. The molecule has 22 heavy (non-hydrogen) atoms. The second-order valence-electron chi connectivity index (χ2n) is 4.33. The lowest BCUT2D eigenvalue weighted by Gasteiger charge is -2.08. The van der Waals surface area contributed by atoms with Crippen molar-refractivity contribution in [2.24, 2.45) is 5.73 Å². The van der Waals surface area contributed by atoms with E-state index in [1.807, 2.05) is 0 Å². The van der Waals surface area contributed by atoms with Crippen LogP contribution in [-0.4, -0.2) is 30.4 Å². The van der Waals surface area contributed by atoms with Crippen LogP contribution in [0.4, 0.5) is 11.5 Å². The van der Waals surface area contributed by atoms with Gasteiger partial charge < -0.3 is 11.1 Å². The van der Waals surface area contributed by atoms with Crippen LogP contribution in [0.2, 0.25) is 0 Å². The standard InChI is InChI=1S/C12H13N5O4S/c1-7(18)15-8-2-4-9(5-3-8)22(20,21)17-12-10(11(13)19)6-14-16-12/h2-6H,1H3,(H2,13,19)(H,15,18)(H2,14,16,17). The third-order valence-corrected chi connectivity index (χ3v) is 3.99. The van der Waals surface area contributed by atoms with Gasteiger partial charge in [-0.05, 0) is 24.3 Å². The van der Waals surface area contributed by atoms with E-state index in [1.54, 1.807) is 0 Å². The van der Waals surface area contributed by atoms with Crippen LogP contribution in [0.1, 0.15) is 17.3 Å². The van der Waals surface area contributed by atoms with Crippen LogP contribution < -0.4 is 15.8 Å². The van der Waals surface area contributed by atoms with E-state index in [2.05, 4.69) is 20.2 Å². The van der Waals surface area contributed by atoms with Gasteiger partial charge in [0, 0.05) is 12.6 Å². The number of aromatic nitrogens is 2. The summed E-state index contributed by atoms with van der Waals surface area (Å²) in [6.07, 6.45) is 1.13. The number of amides is 2. The highest BCUT2D eigenvalue weighted by atomic mass is 32.2. The summed E-state index contributed by atoms with van der Waals surface area (Å²) >= 11 is 0. The number of nitrogens with two attached hydrogens (primary N) is 1. The molecule has 5 N–H and O–H groups in total. The SMILES string of the molecule is CC(=O)Nc1ccc(S(=O)(=O)Nc2[nH]ncc2C(N)=O)cc1. The second kappa shape index (κ2) is 5.85. The zero-order chi connectivity index (χ0) is 16.3. The number of hydrogen-bond donors (Lipinski definition) is 4. The Kier molecular flexibility index (Phi) is 4.13. The molecule has 0 spiro atoms. The highest BCUT2D eigenvalue weighted by Crippen LogP contribution is 2.19. The summed E-state index contributed by atoms with van der Waals surface area (Å²) in [6, 6.07) is 5.51. The summed E-state index contributed by atoms with van der Waals surface area (Å²) in [7, 11) is -3.93. The number of primary amides is 1. The minimum atomic E-state index is -3.93. The highest BCUT2D eigenvalue weighted by molar-refractivity contribution is 7.92. The van der Waals surface area contributed by atoms with E-state index in [0.29, 0.717) is 5.69 Å². The van der Waals surface area contributed by atoms with Gasteiger partial charge >= 0.3 is 0 Å². The lowest BCUT2D eigenvalue weighted by molar-refractivity contribution is -0.114. The van der Waals surface area contributed by atoms with Crippen LogP contribution in [0.25, 0.3) is 0 Å². The maximum Gasteiger partial charge on any atom is 0.263 e. The van der Waals surface area contributed by atoms with E-state index < -0.39 is 15.9 Å². The Morgan fingerprint density at radius 3 is 2.41 bits per heavy atom. The topological polar surface area (TPSA) is 147 Å². The Morgan fingerprint density at radius 1 is 1.23 bits per heavy atom. The zero-order valence-electron chi connectivity index (χ0n) is 11.5. The van der Waals surface area contributed by atoms with Crippen molar-refractivity contribution >= 4 is 33.3 Å². The quantitative estimate of drug-likeness (QED) is 0.623. The molecule has 0 aliphatic heterocycles. The Labute approximate surface area is 126 Å². The van der Waals surface area contributed by atoms with Crippen molar-refractivity contribution in [3.63, 3.8) is 0 Å². The second-order valence-corrected chi connectivity index (χ2v) is 6.02. The lowest BCUT2D eigenvalue weighted by atomic mass is 10.3. The molecule has 2 amide bonds. The molecule has 10 heteroatoms. The average molecular weight is 323 g/mol. The fraction of sp³-hybridized carbons (Fsp3) is 0.0833. The molecule has 1 heterocycles. The minimum absolute atomic E-state index is 0.0494. The number of rotatable bonds is 5. The smallest absolute Gasteiger partial charge is 0.263 e. The van der Waals surface area contributed by atoms with Gasteiger partial charge in [0.15, 0.2) is 0 Å². The van der Waals surface area contributed by atoms with Crippen LogP contribution in [-0.2, 0) is 14.8 Å². The molecular weight excluding hydrogens is 310 g/mol. The van der Waals surface area contributed by atoms with Crippen molar-refractivity contribution in [3.8, 4) is 0 Å². The van der Waals surface area contributed by atoms with Crippen molar-refractivity contribution in [1.29, 1.82) is 0 Å². The van der Waals surface area contributed by atoms with Gasteiger partial charge in [-0.1, -0.05) is 0 Å². The molecule has 0 saturated heterocycles. The number of nitrogens with zero attached hydrogens (tertiary/aromatic N) is 1. The van der Waals surface area contributed by atoms with Crippen molar-refractivity contribution < 1.29 is 18.0 Å². The molecule has 0 aliphatic rings. The van der Waals surface area contributed by atoms with Crippen molar-refractivity contribution in [2.75, 3.05) is 10.0 Å². The highest BCUT2D eigenvalue weighted by Gasteiger charge is 2.19. The number of hydrogen-bond acceptors (Lipinski definition) is 5. The summed E-state index contributed by atoms with van der Waals surface area (Å²) in [5.74, 6) is -1.19. The van der Waals surface area contributed by atoms with Gasteiger partial charge in [0.25, 0.3) is 15.9 Å². The van der Waals surface area contributed by atoms with Crippen LogP contribution in [0.5, 0.6) is 0 Å². The Hall–Kier alpha value is -2.88. The van der Waals surface area contributed by atoms with E-state index >= 15 is 0 Å². The van der Waals surface area contributed by atoms with Gasteiger partial charge in [-0.15, -0.1) is 0 Å². The number of H-pyrrole nitrogens is 1. The number of benzene rings is 1. The Bertz CT molecular complexity index is 810. The molecule has 1 aromatic carbocycles. The lowest BCUT2D eigenvalue weighted by Crippen LogP contribution is -2.18. The van der Waals surface area contributed by atoms with Gasteiger partial charge in [0.2, 0.25) is 5.91 Å². The maximum atomic E-state index is 12.2. The predicted octanol–water partition coefficient (Wildman–Crippen LogP) is 0.268.